The number of hydrogen-bond acceptors (Lipinski definition) is 3. The SMILES string of the molecule is COc1ccc(CC(=O)CC(C)OC)cc1F. The molecule has 0 radical (unpaired) electrons. The van der Waals surface area contributed by atoms with Crippen molar-refractivity contribution in [2.75, 3.05) is 14.2 Å². The Morgan fingerprint density at radius 2 is 2.12 bits per heavy atom. The van der Waals surface area contributed by atoms with E-state index in [1.807, 2.05) is 6.92 Å². The lowest BCUT2D eigenvalue weighted by molar-refractivity contribution is -0.120. The summed E-state index contributed by atoms with van der Waals surface area (Å²) in [5.41, 5.74) is 0.650. The van der Waals surface area contributed by atoms with Crippen molar-refractivity contribution in [3.8, 4) is 5.75 Å². The Morgan fingerprint density at radius 3 is 2.65 bits per heavy atom. The summed E-state index contributed by atoms with van der Waals surface area (Å²) in [6.07, 6.45) is 0.448. The Balaban J connectivity index is 2.63. The Morgan fingerprint density at radius 1 is 1.41 bits per heavy atom. The monoisotopic (exact) mass is 240 g/mol. The largest absolute Gasteiger partial charge is 0.494 e. The van der Waals surface area contributed by atoms with E-state index in [0.29, 0.717) is 12.0 Å². The number of carbonyl (C=O) groups is 1. The van der Waals surface area contributed by atoms with Gasteiger partial charge in [0.25, 0.3) is 0 Å². The average Bonchev–Trinajstić information content (AvgIpc) is 2.29. The van der Waals surface area contributed by atoms with Gasteiger partial charge in [0.2, 0.25) is 0 Å². The first-order chi connectivity index (χ1) is 8.06. The predicted octanol–water partition coefficient (Wildman–Crippen LogP) is 2.37. The molecule has 0 fully saturated rings. The van der Waals surface area contributed by atoms with Gasteiger partial charge < -0.3 is 9.47 Å². The summed E-state index contributed by atoms with van der Waals surface area (Å²) in [5.74, 6) is -0.229. The minimum Gasteiger partial charge on any atom is -0.494 e. The molecule has 17 heavy (non-hydrogen) atoms. The minimum absolute atomic E-state index is 0.0314. The van der Waals surface area contributed by atoms with E-state index in [1.54, 1.807) is 13.2 Å². The van der Waals surface area contributed by atoms with Gasteiger partial charge in [-0.15, -0.1) is 0 Å². The van der Waals surface area contributed by atoms with Crippen LogP contribution >= 0.6 is 0 Å². The molecule has 1 rings (SSSR count). The molecule has 0 aliphatic rings. The Labute approximate surface area is 101 Å². The molecule has 0 saturated heterocycles. The summed E-state index contributed by atoms with van der Waals surface area (Å²) in [7, 11) is 2.97. The summed E-state index contributed by atoms with van der Waals surface area (Å²) in [6.45, 7) is 1.83. The molecule has 94 valence electrons. The lowest BCUT2D eigenvalue weighted by Crippen LogP contribution is -2.14. The van der Waals surface area contributed by atoms with E-state index in [2.05, 4.69) is 0 Å². The Hall–Kier alpha value is -1.42. The van der Waals surface area contributed by atoms with Crippen molar-refractivity contribution in [1.29, 1.82) is 0 Å². The third-order valence-corrected chi connectivity index (χ3v) is 2.53. The summed E-state index contributed by atoms with van der Waals surface area (Å²) in [6, 6.07) is 4.54. The molecule has 1 aromatic carbocycles. The van der Waals surface area contributed by atoms with Gasteiger partial charge in [0.15, 0.2) is 11.6 Å². The summed E-state index contributed by atoms with van der Waals surface area (Å²) >= 11 is 0. The zero-order chi connectivity index (χ0) is 12.8. The smallest absolute Gasteiger partial charge is 0.165 e. The summed E-state index contributed by atoms with van der Waals surface area (Å²) in [4.78, 5) is 11.6. The molecular formula is C13H17FO3. The standard InChI is InChI=1S/C13H17FO3/c1-9(16-2)6-11(15)7-10-4-5-13(17-3)12(14)8-10/h4-5,8-9H,6-7H2,1-3H3. The van der Waals surface area contributed by atoms with Crippen molar-refractivity contribution < 1.29 is 18.7 Å². The summed E-state index contributed by atoms with van der Waals surface area (Å²) < 4.78 is 23.2. The fraction of sp³-hybridized carbons (Fsp3) is 0.462. The lowest BCUT2D eigenvalue weighted by atomic mass is 10.0. The van der Waals surface area contributed by atoms with Gasteiger partial charge in [-0.25, -0.2) is 4.39 Å². The van der Waals surface area contributed by atoms with Gasteiger partial charge in [-0.3, -0.25) is 4.79 Å². The van der Waals surface area contributed by atoms with Crippen molar-refractivity contribution in [3.05, 3.63) is 29.6 Å². The maximum absolute atomic E-state index is 13.4. The number of rotatable bonds is 6. The fourth-order valence-electron chi connectivity index (χ4n) is 1.52. The number of ketones is 1. The zero-order valence-electron chi connectivity index (χ0n) is 10.3. The third kappa shape index (κ3) is 4.15. The van der Waals surface area contributed by atoms with Gasteiger partial charge >= 0.3 is 0 Å². The number of hydrogen-bond donors (Lipinski definition) is 0. The molecule has 0 spiro atoms. The van der Waals surface area contributed by atoms with Crippen LogP contribution in [0.5, 0.6) is 5.75 Å². The minimum atomic E-state index is -0.447. The van der Waals surface area contributed by atoms with E-state index in [-0.39, 0.29) is 24.1 Å². The molecule has 1 unspecified atom stereocenters. The first kappa shape index (κ1) is 13.6. The highest BCUT2D eigenvalue weighted by Crippen LogP contribution is 2.18. The normalized spacial score (nSPS) is 12.2. The van der Waals surface area contributed by atoms with Crippen molar-refractivity contribution in [3.63, 3.8) is 0 Å². The second kappa shape index (κ2) is 6.35. The highest BCUT2D eigenvalue weighted by atomic mass is 19.1. The van der Waals surface area contributed by atoms with Crippen LogP contribution in [0.3, 0.4) is 0 Å². The van der Waals surface area contributed by atoms with E-state index >= 15 is 0 Å². The van der Waals surface area contributed by atoms with Gasteiger partial charge in [0.05, 0.1) is 13.2 Å². The van der Waals surface area contributed by atoms with E-state index < -0.39 is 5.82 Å². The number of halogens is 1. The van der Waals surface area contributed by atoms with E-state index in [0.717, 1.165) is 0 Å². The van der Waals surface area contributed by atoms with Crippen molar-refractivity contribution in [2.45, 2.75) is 25.9 Å². The molecule has 3 nitrogen and oxygen atoms in total. The Bertz CT molecular complexity index is 390. The topological polar surface area (TPSA) is 35.5 Å². The quantitative estimate of drug-likeness (QED) is 0.765. The van der Waals surface area contributed by atoms with Crippen LogP contribution in [0.4, 0.5) is 4.39 Å². The molecule has 0 heterocycles. The molecule has 0 saturated carbocycles. The Kier molecular flexibility index (Phi) is 5.10. The maximum atomic E-state index is 13.4. The molecule has 0 aliphatic heterocycles. The molecule has 4 heteroatoms. The fourth-order valence-corrected chi connectivity index (χ4v) is 1.52. The van der Waals surface area contributed by atoms with Gasteiger partial charge in [-0.1, -0.05) is 6.07 Å². The molecule has 0 N–H and O–H groups in total. The van der Waals surface area contributed by atoms with Crippen LogP contribution in [0.2, 0.25) is 0 Å². The van der Waals surface area contributed by atoms with Crippen molar-refractivity contribution in [2.24, 2.45) is 0 Å². The van der Waals surface area contributed by atoms with Crippen LogP contribution in [0.25, 0.3) is 0 Å². The van der Waals surface area contributed by atoms with Crippen LogP contribution in [-0.4, -0.2) is 26.1 Å². The van der Waals surface area contributed by atoms with Crippen LogP contribution in [-0.2, 0) is 16.0 Å². The second-order valence-corrected chi connectivity index (χ2v) is 3.93. The van der Waals surface area contributed by atoms with Gasteiger partial charge in [0, 0.05) is 20.0 Å². The first-order valence-electron chi connectivity index (χ1n) is 5.43. The maximum Gasteiger partial charge on any atom is 0.165 e. The van der Waals surface area contributed by atoms with Crippen molar-refractivity contribution in [1.82, 2.24) is 0 Å². The second-order valence-electron chi connectivity index (χ2n) is 3.93. The molecule has 0 bridgehead atoms. The third-order valence-electron chi connectivity index (χ3n) is 2.53. The van der Waals surface area contributed by atoms with Gasteiger partial charge in [-0.05, 0) is 24.6 Å². The lowest BCUT2D eigenvalue weighted by Gasteiger charge is -2.08. The number of benzene rings is 1. The molecule has 1 aromatic rings. The predicted molar refractivity (Wildman–Crippen MR) is 62.8 cm³/mol. The van der Waals surface area contributed by atoms with Gasteiger partial charge in [-0.2, -0.15) is 0 Å². The van der Waals surface area contributed by atoms with E-state index in [1.165, 1.54) is 19.2 Å². The number of ether oxygens (including phenoxy) is 2. The number of Topliss-reactive ketones (excluding diaryl/α,β-unsaturated/α-hetero) is 1. The molecule has 1 atom stereocenters. The average molecular weight is 240 g/mol. The summed E-state index contributed by atoms with van der Waals surface area (Å²) in [5, 5.41) is 0. The highest BCUT2D eigenvalue weighted by molar-refractivity contribution is 5.81. The van der Waals surface area contributed by atoms with E-state index in [4.69, 9.17) is 9.47 Å². The van der Waals surface area contributed by atoms with Crippen LogP contribution in [0.1, 0.15) is 18.9 Å². The van der Waals surface area contributed by atoms with Crippen LogP contribution < -0.4 is 4.74 Å². The molecular weight excluding hydrogens is 223 g/mol. The van der Waals surface area contributed by atoms with Crippen LogP contribution in [0, 0.1) is 5.82 Å². The van der Waals surface area contributed by atoms with E-state index in [9.17, 15) is 9.18 Å². The van der Waals surface area contributed by atoms with Crippen molar-refractivity contribution >= 4 is 5.78 Å². The zero-order valence-corrected chi connectivity index (χ0v) is 10.3. The molecule has 0 aromatic heterocycles. The highest BCUT2D eigenvalue weighted by Gasteiger charge is 2.10. The van der Waals surface area contributed by atoms with Crippen LogP contribution in [0.15, 0.2) is 18.2 Å². The number of carbonyl (C=O) groups excluding carboxylic acids is 1. The first-order valence-corrected chi connectivity index (χ1v) is 5.43. The number of methoxy groups -OCH3 is 2. The molecule has 0 aliphatic carbocycles. The van der Waals surface area contributed by atoms with Gasteiger partial charge in [0.1, 0.15) is 5.78 Å². The molecule has 0 amide bonds.